The number of hydrogen-bond acceptors (Lipinski definition) is 3. The molecule has 2 atom stereocenters. The van der Waals surface area contributed by atoms with E-state index in [9.17, 15) is 9.59 Å². The number of rotatable bonds is 7. The first-order valence-corrected chi connectivity index (χ1v) is 11.4. The van der Waals surface area contributed by atoms with Gasteiger partial charge in [0.1, 0.15) is 17.8 Å². The maximum atomic E-state index is 13.8. The zero-order valence-electron chi connectivity index (χ0n) is 18.6. The summed E-state index contributed by atoms with van der Waals surface area (Å²) in [5, 5.41) is 3.13. The van der Waals surface area contributed by atoms with Crippen molar-refractivity contribution in [3.63, 3.8) is 0 Å². The maximum absolute atomic E-state index is 13.8. The number of benzene rings is 2. The fraction of sp³-hybridized carbons (Fsp3) is 0.462. The summed E-state index contributed by atoms with van der Waals surface area (Å²) >= 11 is 0. The van der Waals surface area contributed by atoms with Crippen molar-refractivity contribution >= 4 is 11.8 Å². The largest absolute Gasteiger partial charge is 0.496 e. The first kappa shape index (κ1) is 21.4. The summed E-state index contributed by atoms with van der Waals surface area (Å²) in [4.78, 5) is 29.0. The van der Waals surface area contributed by atoms with Crippen LogP contribution in [0, 0.1) is 11.8 Å². The summed E-state index contributed by atoms with van der Waals surface area (Å²) in [6.07, 6.45) is 3.35. The van der Waals surface area contributed by atoms with E-state index in [1.807, 2.05) is 41.3 Å². The predicted molar refractivity (Wildman–Crippen MR) is 121 cm³/mol. The van der Waals surface area contributed by atoms with Crippen LogP contribution in [0.15, 0.2) is 48.5 Å². The molecule has 1 heterocycles. The molecule has 0 radical (unpaired) electrons. The van der Waals surface area contributed by atoms with Crippen molar-refractivity contribution in [3.8, 4) is 5.75 Å². The highest BCUT2D eigenvalue weighted by molar-refractivity contribution is 5.97. The Bertz CT molecular complexity index is 928. The van der Waals surface area contributed by atoms with Gasteiger partial charge in [-0.3, -0.25) is 9.59 Å². The maximum Gasteiger partial charge on any atom is 0.246 e. The van der Waals surface area contributed by atoms with Gasteiger partial charge in [0.2, 0.25) is 11.8 Å². The van der Waals surface area contributed by atoms with E-state index in [0.29, 0.717) is 6.54 Å². The van der Waals surface area contributed by atoms with E-state index in [1.54, 1.807) is 7.11 Å². The molecule has 0 saturated carbocycles. The van der Waals surface area contributed by atoms with Gasteiger partial charge in [-0.1, -0.05) is 69.2 Å². The lowest BCUT2D eigenvalue weighted by atomic mass is 9.86. The molecule has 2 amide bonds. The van der Waals surface area contributed by atoms with Crippen molar-refractivity contribution < 1.29 is 14.3 Å². The molecule has 1 aliphatic heterocycles. The van der Waals surface area contributed by atoms with Gasteiger partial charge in [0.25, 0.3) is 0 Å². The number of nitrogens with zero attached hydrogens (tertiary/aromatic N) is 1. The highest BCUT2D eigenvalue weighted by Crippen LogP contribution is 2.34. The smallest absolute Gasteiger partial charge is 0.246 e. The van der Waals surface area contributed by atoms with Crippen LogP contribution in [0.4, 0.5) is 0 Å². The Morgan fingerprint density at radius 1 is 1.00 bits per heavy atom. The lowest BCUT2D eigenvalue weighted by molar-refractivity contribution is -0.154. The van der Waals surface area contributed by atoms with Gasteiger partial charge in [0, 0.05) is 5.56 Å². The topological polar surface area (TPSA) is 58.6 Å². The molecule has 0 spiro atoms. The van der Waals surface area contributed by atoms with E-state index in [4.69, 9.17) is 4.74 Å². The lowest BCUT2D eigenvalue weighted by Crippen LogP contribution is -2.66. The highest BCUT2D eigenvalue weighted by Gasteiger charge is 2.47. The summed E-state index contributed by atoms with van der Waals surface area (Å²) in [6.45, 7) is 4.56. The molecule has 31 heavy (non-hydrogen) atoms. The minimum atomic E-state index is -0.486. The summed E-state index contributed by atoms with van der Waals surface area (Å²) in [5.41, 5.74) is 3.50. The molecule has 2 aromatic rings. The number of piperazine rings is 1. The zero-order chi connectivity index (χ0) is 22.0. The van der Waals surface area contributed by atoms with Crippen LogP contribution >= 0.6 is 0 Å². The predicted octanol–water partition coefficient (Wildman–Crippen LogP) is 3.74. The summed E-state index contributed by atoms with van der Waals surface area (Å²) in [7, 11) is 1.64. The summed E-state index contributed by atoms with van der Waals surface area (Å²) in [6, 6.07) is 15.2. The third-order valence-electron chi connectivity index (χ3n) is 7.03. The fourth-order valence-electron chi connectivity index (χ4n) is 5.30. The highest BCUT2D eigenvalue weighted by atomic mass is 16.5. The summed E-state index contributed by atoms with van der Waals surface area (Å²) < 4.78 is 5.53. The third kappa shape index (κ3) is 4.06. The Labute approximate surface area is 184 Å². The molecular weight excluding hydrogens is 388 g/mol. The quantitative estimate of drug-likeness (QED) is 0.742. The van der Waals surface area contributed by atoms with Crippen LogP contribution in [0.3, 0.4) is 0 Å². The average molecular weight is 421 g/mol. The van der Waals surface area contributed by atoms with Crippen molar-refractivity contribution in [1.29, 1.82) is 0 Å². The van der Waals surface area contributed by atoms with Crippen LogP contribution in [0.5, 0.6) is 5.75 Å². The monoisotopic (exact) mass is 420 g/mol. The molecule has 5 heteroatoms. The SMILES string of the molecule is CCC(CC)[C@@H]1C(=O)N[C@H](C2Cc3ccccc3C2)C(=O)N1Cc1ccccc1OC. The standard InChI is InChI=1S/C26H32N2O3/c1-4-17(5-2)24-25(29)27-23(21-14-18-10-6-7-11-19(18)15-21)26(30)28(24)16-20-12-8-9-13-22(20)31-3/h6-13,17,21,23-24H,4-5,14-16H2,1-3H3,(H,27,29)/t23-,24-/m1/s1. The molecule has 4 rings (SSSR count). The number of hydrogen-bond donors (Lipinski definition) is 1. The van der Waals surface area contributed by atoms with E-state index >= 15 is 0 Å². The van der Waals surface area contributed by atoms with Crippen molar-refractivity contribution in [3.05, 3.63) is 65.2 Å². The van der Waals surface area contributed by atoms with Crippen LogP contribution in [0.25, 0.3) is 0 Å². The zero-order valence-corrected chi connectivity index (χ0v) is 18.6. The number of para-hydroxylation sites is 1. The first-order chi connectivity index (χ1) is 15.1. The molecule has 1 fully saturated rings. The number of fused-ring (bicyclic) bond motifs is 1. The summed E-state index contributed by atoms with van der Waals surface area (Å²) in [5.74, 6) is 0.968. The van der Waals surface area contributed by atoms with Gasteiger partial charge >= 0.3 is 0 Å². The second-order valence-electron chi connectivity index (χ2n) is 8.72. The van der Waals surface area contributed by atoms with E-state index in [0.717, 1.165) is 37.0 Å². The number of methoxy groups -OCH3 is 1. The fourth-order valence-corrected chi connectivity index (χ4v) is 5.30. The molecule has 5 nitrogen and oxygen atoms in total. The Balaban J connectivity index is 1.65. The molecule has 1 saturated heterocycles. The average Bonchev–Trinajstić information content (AvgIpc) is 3.22. The second-order valence-corrected chi connectivity index (χ2v) is 8.72. The molecule has 0 aromatic heterocycles. The molecule has 1 N–H and O–H groups in total. The van der Waals surface area contributed by atoms with Crippen LogP contribution < -0.4 is 10.1 Å². The van der Waals surface area contributed by atoms with E-state index in [-0.39, 0.29) is 23.7 Å². The Morgan fingerprint density at radius 3 is 2.23 bits per heavy atom. The van der Waals surface area contributed by atoms with Crippen LogP contribution in [-0.4, -0.2) is 35.9 Å². The first-order valence-electron chi connectivity index (χ1n) is 11.4. The Morgan fingerprint density at radius 2 is 1.61 bits per heavy atom. The van der Waals surface area contributed by atoms with Crippen molar-refractivity contribution in [2.24, 2.45) is 11.8 Å². The molecule has 0 bridgehead atoms. The normalized spacial score (nSPS) is 21.4. The van der Waals surface area contributed by atoms with Crippen molar-refractivity contribution in [1.82, 2.24) is 10.2 Å². The van der Waals surface area contributed by atoms with E-state index < -0.39 is 12.1 Å². The van der Waals surface area contributed by atoms with E-state index in [1.165, 1.54) is 11.1 Å². The number of amides is 2. The minimum Gasteiger partial charge on any atom is -0.496 e. The van der Waals surface area contributed by atoms with Gasteiger partial charge in [0.05, 0.1) is 13.7 Å². The molecule has 164 valence electrons. The van der Waals surface area contributed by atoms with Crippen molar-refractivity contribution in [2.45, 2.75) is 58.2 Å². The molecule has 2 aliphatic rings. The lowest BCUT2D eigenvalue weighted by Gasteiger charge is -2.43. The molecule has 0 unspecified atom stereocenters. The third-order valence-corrected chi connectivity index (χ3v) is 7.03. The van der Waals surface area contributed by atoms with Gasteiger partial charge in [-0.25, -0.2) is 0 Å². The van der Waals surface area contributed by atoms with Crippen molar-refractivity contribution in [2.75, 3.05) is 7.11 Å². The second kappa shape index (κ2) is 9.13. The Hall–Kier alpha value is -2.82. The minimum absolute atomic E-state index is 0.0239. The molecular formula is C26H32N2O3. The van der Waals surface area contributed by atoms with Gasteiger partial charge in [-0.2, -0.15) is 0 Å². The van der Waals surface area contributed by atoms with Gasteiger partial charge in [-0.15, -0.1) is 0 Å². The van der Waals surface area contributed by atoms with Crippen LogP contribution in [-0.2, 0) is 29.0 Å². The molecule has 1 aliphatic carbocycles. The molecule has 2 aromatic carbocycles. The van der Waals surface area contributed by atoms with Crippen LogP contribution in [0.1, 0.15) is 43.4 Å². The Kier molecular flexibility index (Phi) is 6.30. The van der Waals surface area contributed by atoms with Gasteiger partial charge in [-0.05, 0) is 41.9 Å². The number of nitrogens with one attached hydrogen (secondary N) is 1. The number of carbonyl (C=O) groups excluding carboxylic acids is 2. The number of carbonyl (C=O) groups is 2. The van der Waals surface area contributed by atoms with Gasteiger partial charge in [0.15, 0.2) is 0 Å². The van der Waals surface area contributed by atoms with Gasteiger partial charge < -0.3 is 15.0 Å². The van der Waals surface area contributed by atoms with Crippen LogP contribution in [0.2, 0.25) is 0 Å². The number of ether oxygens (including phenoxy) is 1. The van der Waals surface area contributed by atoms with E-state index in [2.05, 4.69) is 31.3 Å².